The molecule has 3 heterocycles. The summed E-state index contributed by atoms with van der Waals surface area (Å²) in [5.74, 6) is 0.339. The topological polar surface area (TPSA) is 53.4 Å². The molecule has 0 unspecified atom stereocenters. The summed E-state index contributed by atoms with van der Waals surface area (Å²) in [4.78, 5) is 17.6. The molecule has 2 aliphatic heterocycles. The van der Waals surface area contributed by atoms with Crippen LogP contribution in [0.4, 0.5) is 0 Å². The number of aromatic nitrogens is 2. The molecule has 3 rings (SSSR count). The van der Waals surface area contributed by atoms with Crippen molar-refractivity contribution in [2.75, 3.05) is 33.2 Å². The molecule has 6 heteroatoms. The second-order valence-corrected chi connectivity index (χ2v) is 7.47. The third-order valence-corrected chi connectivity index (χ3v) is 5.82. The highest BCUT2D eigenvalue weighted by molar-refractivity contribution is 5.79. The van der Waals surface area contributed by atoms with Crippen LogP contribution in [0.15, 0.2) is 6.20 Å². The minimum absolute atomic E-state index is 0.135. The first-order valence-electron chi connectivity index (χ1n) is 9.22. The van der Waals surface area contributed by atoms with Gasteiger partial charge in [-0.15, -0.1) is 0 Å². The lowest BCUT2D eigenvalue weighted by Gasteiger charge is -2.41. The molecule has 1 aromatic rings. The van der Waals surface area contributed by atoms with E-state index in [2.05, 4.69) is 27.3 Å². The summed E-state index contributed by atoms with van der Waals surface area (Å²) >= 11 is 0. The Balaban J connectivity index is 1.50. The quantitative estimate of drug-likeness (QED) is 0.898. The summed E-state index contributed by atoms with van der Waals surface area (Å²) in [5.41, 5.74) is 2.22. The highest BCUT2D eigenvalue weighted by Gasteiger charge is 2.31. The van der Waals surface area contributed by atoms with Crippen LogP contribution in [0.2, 0.25) is 0 Å². The normalized spacial score (nSPS) is 24.2. The third-order valence-electron chi connectivity index (χ3n) is 5.82. The van der Waals surface area contributed by atoms with Gasteiger partial charge >= 0.3 is 0 Å². The van der Waals surface area contributed by atoms with Gasteiger partial charge in [0.2, 0.25) is 5.91 Å². The number of rotatable bonds is 4. The molecule has 0 bridgehead atoms. The van der Waals surface area contributed by atoms with Crippen molar-refractivity contribution in [2.45, 2.75) is 45.2 Å². The number of aryl methyl sites for hydroxylation is 1. The summed E-state index contributed by atoms with van der Waals surface area (Å²) in [6.07, 6.45) is 6.47. The van der Waals surface area contributed by atoms with Crippen LogP contribution in [0.5, 0.6) is 0 Å². The van der Waals surface area contributed by atoms with Gasteiger partial charge in [-0.25, -0.2) is 0 Å². The lowest BCUT2D eigenvalue weighted by Crippen LogP contribution is -2.50. The molecule has 0 aliphatic carbocycles. The van der Waals surface area contributed by atoms with Crippen LogP contribution in [0.3, 0.4) is 0 Å². The lowest BCUT2D eigenvalue weighted by molar-refractivity contribution is -0.127. The van der Waals surface area contributed by atoms with E-state index in [4.69, 9.17) is 0 Å². The molecule has 0 radical (unpaired) electrons. The molecule has 2 fully saturated rings. The number of hydrogen-bond donors (Lipinski definition) is 1. The fraction of sp³-hybridized carbons (Fsp3) is 0.778. The van der Waals surface area contributed by atoms with Crippen molar-refractivity contribution >= 4 is 5.91 Å². The highest BCUT2D eigenvalue weighted by Crippen LogP contribution is 2.23. The van der Waals surface area contributed by atoms with Gasteiger partial charge in [0.15, 0.2) is 0 Å². The van der Waals surface area contributed by atoms with Crippen molar-refractivity contribution in [2.24, 2.45) is 13.0 Å². The number of amides is 1. The Morgan fingerprint density at radius 1 is 1.25 bits per heavy atom. The summed E-state index contributed by atoms with van der Waals surface area (Å²) in [6.45, 7) is 7.06. The zero-order valence-corrected chi connectivity index (χ0v) is 15.3. The Hall–Kier alpha value is -1.40. The van der Waals surface area contributed by atoms with Gasteiger partial charge in [-0.05, 0) is 59.3 Å². The van der Waals surface area contributed by atoms with Crippen LogP contribution in [0, 0.1) is 12.8 Å². The smallest absolute Gasteiger partial charge is 0.224 e. The minimum atomic E-state index is 0.135. The van der Waals surface area contributed by atoms with Crippen molar-refractivity contribution in [1.82, 2.24) is 24.9 Å². The van der Waals surface area contributed by atoms with Gasteiger partial charge in [0, 0.05) is 37.4 Å². The average Bonchev–Trinajstić information content (AvgIpc) is 2.92. The number of likely N-dealkylation sites (tertiary alicyclic amines) is 2. The molecule has 0 saturated carbocycles. The summed E-state index contributed by atoms with van der Waals surface area (Å²) in [5, 5.41) is 7.37. The maximum Gasteiger partial charge on any atom is 0.224 e. The Morgan fingerprint density at radius 3 is 2.67 bits per heavy atom. The SMILES string of the molecule is Cc1c(CNC(=O)[C@H]2CCCN(C3CCN(C)CC3)C2)cnn1C. The zero-order valence-electron chi connectivity index (χ0n) is 15.3. The van der Waals surface area contributed by atoms with E-state index in [0.29, 0.717) is 12.6 Å². The fourth-order valence-electron chi connectivity index (χ4n) is 3.96. The van der Waals surface area contributed by atoms with Crippen LogP contribution in [0.1, 0.15) is 36.9 Å². The largest absolute Gasteiger partial charge is 0.352 e. The molecular weight excluding hydrogens is 302 g/mol. The zero-order chi connectivity index (χ0) is 17.1. The van der Waals surface area contributed by atoms with E-state index in [9.17, 15) is 4.79 Å². The Kier molecular flexibility index (Phi) is 5.56. The number of hydrogen-bond acceptors (Lipinski definition) is 4. The van der Waals surface area contributed by atoms with Crippen LogP contribution in [0.25, 0.3) is 0 Å². The highest BCUT2D eigenvalue weighted by atomic mass is 16.1. The van der Waals surface area contributed by atoms with Crippen molar-refractivity contribution in [3.63, 3.8) is 0 Å². The van der Waals surface area contributed by atoms with E-state index in [0.717, 1.165) is 37.2 Å². The molecule has 1 amide bonds. The third kappa shape index (κ3) is 3.98. The molecule has 1 N–H and O–H groups in total. The first-order chi connectivity index (χ1) is 11.5. The number of carbonyl (C=O) groups is 1. The molecule has 1 aromatic heterocycles. The fourth-order valence-corrected chi connectivity index (χ4v) is 3.96. The van der Waals surface area contributed by atoms with Gasteiger partial charge in [0.1, 0.15) is 0 Å². The van der Waals surface area contributed by atoms with Gasteiger partial charge in [0.05, 0.1) is 12.1 Å². The van der Waals surface area contributed by atoms with E-state index in [1.54, 1.807) is 0 Å². The molecular formula is C18H31N5O. The maximum absolute atomic E-state index is 12.6. The van der Waals surface area contributed by atoms with Crippen molar-refractivity contribution in [3.05, 3.63) is 17.5 Å². The van der Waals surface area contributed by atoms with Gasteiger partial charge in [-0.3, -0.25) is 14.4 Å². The number of nitrogens with one attached hydrogen (secondary N) is 1. The van der Waals surface area contributed by atoms with E-state index < -0.39 is 0 Å². The second kappa shape index (κ2) is 7.66. The summed E-state index contributed by atoms with van der Waals surface area (Å²) in [6, 6.07) is 0.664. The summed E-state index contributed by atoms with van der Waals surface area (Å²) < 4.78 is 1.85. The van der Waals surface area contributed by atoms with Crippen LogP contribution in [-0.2, 0) is 18.4 Å². The minimum Gasteiger partial charge on any atom is -0.352 e. The number of nitrogens with zero attached hydrogens (tertiary/aromatic N) is 4. The molecule has 6 nitrogen and oxygen atoms in total. The molecule has 134 valence electrons. The lowest BCUT2D eigenvalue weighted by atomic mass is 9.93. The first kappa shape index (κ1) is 17.4. The number of carbonyl (C=O) groups excluding carboxylic acids is 1. The second-order valence-electron chi connectivity index (χ2n) is 7.47. The predicted molar refractivity (Wildman–Crippen MR) is 94.6 cm³/mol. The van der Waals surface area contributed by atoms with Crippen LogP contribution < -0.4 is 5.32 Å². The van der Waals surface area contributed by atoms with Crippen molar-refractivity contribution in [1.29, 1.82) is 0 Å². The van der Waals surface area contributed by atoms with Crippen LogP contribution in [-0.4, -0.2) is 64.8 Å². The predicted octanol–water partition coefficient (Wildman–Crippen LogP) is 1.15. The molecule has 0 spiro atoms. The van der Waals surface area contributed by atoms with Gasteiger partial charge in [-0.1, -0.05) is 0 Å². The molecule has 1 atom stereocenters. The Morgan fingerprint density at radius 2 is 2.00 bits per heavy atom. The van der Waals surface area contributed by atoms with Crippen molar-refractivity contribution in [3.8, 4) is 0 Å². The average molecular weight is 333 g/mol. The molecule has 2 saturated heterocycles. The molecule has 24 heavy (non-hydrogen) atoms. The molecule has 0 aromatic carbocycles. The van der Waals surface area contributed by atoms with E-state index in [1.807, 2.05) is 24.9 Å². The van der Waals surface area contributed by atoms with E-state index >= 15 is 0 Å². The van der Waals surface area contributed by atoms with Crippen molar-refractivity contribution < 1.29 is 4.79 Å². The van der Waals surface area contributed by atoms with Gasteiger partial charge in [0.25, 0.3) is 0 Å². The summed E-state index contributed by atoms with van der Waals surface area (Å²) in [7, 11) is 4.13. The Labute approximate surface area is 145 Å². The van der Waals surface area contributed by atoms with E-state index in [-0.39, 0.29) is 11.8 Å². The maximum atomic E-state index is 12.6. The Bertz CT molecular complexity index is 562. The van der Waals surface area contributed by atoms with Crippen LogP contribution >= 0.6 is 0 Å². The first-order valence-corrected chi connectivity index (χ1v) is 9.22. The standard InChI is InChI=1S/C18H31N5O/c1-14-16(12-20-22(14)3)11-19-18(24)15-5-4-8-23(13-15)17-6-9-21(2)10-7-17/h12,15,17H,4-11,13H2,1-3H3,(H,19,24)/t15-/m0/s1. The van der Waals surface area contributed by atoms with Gasteiger partial charge < -0.3 is 10.2 Å². The van der Waals surface area contributed by atoms with Gasteiger partial charge in [-0.2, -0.15) is 5.10 Å². The van der Waals surface area contributed by atoms with E-state index in [1.165, 1.54) is 25.9 Å². The monoisotopic (exact) mass is 333 g/mol. The number of piperidine rings is 2. The molecule has 2 aliphatic rings.